The molecule has 2 heterocycles. The van der Waals surface area contributed by atoms with Crippen LogP contribution in [0.15, 0.2) is 0 Å². The lowest BCUT2D eigenvalue weighted by molar-refractivity contribution is 0.111. The number of methoxy groups -OCH3 is 3. The average molecular weight is 255 g/mol. The third-order valence-electron chi connectivity index (χ3n) is 2.74. The van der Waals surface area contributed by atoms with Crippen LogP contribution in [0.2, 0.25) is 0 Å². The zero-order valence-electron chi connectivity index (χ0n) is 10.6. The van der Waals surface area contributed by atoms with Crippen LogP contribution in [-0.2, 0) is 4.74 Å². The second-order valence-corrected chi connectivity index (χ2v) is 3.82. The van der Waals surface area contributed by atoms with Crippen LogP contribution in [0.5, 0.6) is 12.0 Å². The van der Waals surface area contributed by atoms with Crippen molar-refractivity contribution in [2.75, 3.05) is 39.7 Å². The molecule has 1 aromatic rings. The van der Waals surface area contributed by atoms with Crippen LogP contribution in [0.25, 0.3) is 0 Å². The van der Waals surface area contributed by atoms with Gasteiger partial charge >= 0.3 is 12.0 Å². The van der Waals surface area contributed by atoms with Gasteiger partial charge < -0.3 is 24.8 Å². The fourth-order valence-corrected chi connectivity index (χ4v) is 1.80. The minimum atomic E-state index is 0.0822. The van der Waals surface area contributed by atoms with Crippen LogP contribution in [0.4, 0.5) is 5.95 Å². The molecule has 2 rings (SSSR count). The lowest BCUT2D eigenvalue weighted by Crippen LogP contribution is -2.34. The highest BCUT2D eigenvalue weighted by Gasteiger charge is 2.27. The van der Waals surface area contributed by atoms with Gasteiger partial charge in [-0.15, -0.1) is 4.98 Å². The van der Waals surface area contributed by atoms with Crippen LogP contribution in [0.1, 0.15) is 0 Å². The highest BCUT2D eigenvalue weighted by Crippen LogP contribution is 2.15. The summed E-state index contributed by atoms with van der Waals surface area (Å²) < 4.78 is 15.3. The molecule has 18 heavy (non-hydrogen) atoms. The van der Waals surface area contributed by atoms with E-state index in [9.17, 15) is 0 Å². The Labute approximate surface area is 105 Å². The molecule has 8 nitrogen and oxygen atoms in total. The Balaban J connectivity index is 2.12. The molecule has 0 aliphatic carbocycles. The average Bonchev–Trinajstić information content (AvgIpc) is 2.85. The zero-order valence-corrected chi connectivity index (χ0v) is 10.6. The molecule has 0 bridgehead atoms. The number of nitrogens with zero attached hydrogens (tertiary/aromatic N) is 3. The molecule has 0 amide bonds. The number of hydrogen-bond acceptors (Lipinski definition) is 8. The molecule has 0 aromatic carbocycles. The summed E-state index contributed by atoms with van der Waals surface area (Å²) in [5.41, 5.74) is 0. The summed E-state index contributed by atoms with van der Waals surface area (Å²) in [6, 6.07) is 0.528. The fourth-order valence-electron chi connectivity index (χ4n) is 1.80. The van der Waals surface area contributed by atoms with E-state index in [2.05, 4.69) is 25.6 Å². The van der Waals surface area contributed by atoms with Gasteiger partial charge in [0.05, 0.1) is 26.4 Å². The molecule has 1 aliphatic heterocycles. The van der Waals surface area contributed by atoms with Gasteiger partial charge in [0.1, 0.15) is 0 Å². The summed E-state index contributed by atoms with van der Waals surface area (Å²) in [6.45, 7) is 1.59. The first-order valence-electron chi connectivity index (χ1n) is 5.61. The Bertz CT molecular complexity index is 381. The summed E-state index contributed by atoms with van der Waals surface area (Å²) in [5.74, 6) is 0.412. The van der Waals surface area contributed by atoms with E-state index in [1.165, 1.54) is 14.2 Å². The van der Waals surface area contributed by atoms with Crippen LogP contribution >= 0.6 is 0 Å². The first-order chi connectivity index (χ1) is 8.76. The van der Waals surface area contributed by atoms with E-state index in [1.807, 2.05) is 0 Å². The van der Waals surface area contributed by atoms with Crippen molar-refractivity contribution in [3.8, 4) is 12.0 Å². The second kappa shape index (κ2) is 5.78. The van der Waals surface area contributed by atoms with Gasteiger partial charge in [0.15, 0.2) is 0 Å². The summed E-state index contributed by atoms with van der Waals surface area (Å²) in [7, 11) is 4.67. The van der Waals surface area contributed by atoms with E-state index < -0.39 is 0 Å². The van der Waals surface area contributed by atoms with Gasteiger partial charge in [-0.1, -0.05) is 0 Å². The molecule has 2 N–H and O–H groups in total. The monoisotopic (exact) mass is 255 g/mol. The quantitative estimate of drug-likeness (QED) is 0.713. The van der Waals surface area contributed by atoms with Gasteiger partial charge in [-0.2, -0.15) is 9.97 Å². The smallest absolute Gasteiger partial charge is 0.324 e. The number of nitrogens with one attached hydrogen (secondary N) is 2. The highest BCUT2D eigenvalue weighted by atomic mass is 16.5. The van der Waals surface area contributed by atoms with Gasteiger partial charge in [-0.05, 0) is 0 Å². The molecule has 1 saturated heterocycles. The van der Waals surface area contributed by atoms with Gasteiger partial charge in [-0.25, -0.2) is 0 Å². The maximum absolute atomic E-state index is 5.35. The molecule has 1 unspecified atom stereocenters. The Kier molecular flexibility index (Phi) is 4.11. The molecular formula is C10H17N5O3. The van der Waals surface area contributed by atoms with Gasteiger partial charge in [0, 0.05) is 20.2 Å². The van der Waals surface area contributed by atoms with Crippen molar-refractivity contribution in [1.82, 2.24) is 20.3 Å². The molecule has 1 fully saturated rings. The van der Waals surface area contributed by atoms with Crippen LogP contribution < -0.4 is 20.1 Å². The van der Waals surface area contributed by atoms with Crippen molar-refractivity contribution in [2.24, 2.45) is 0 Å². The Morgan fingerprint density at radius 3 is 2.28 bits per heavy atom. The van der Waals surface area contributed by atoms with Crippen molar-refractivity contribution in [3.05, 3.63) is 0 Å². The van der Waals surface area contributed by atoms with Crippen molar-refractivity contribution in [3.63, 3.8) is 0 Å². The van der Waals surface area contributed by atoms with Crippen LogP contribution in [0.3, 0.4) is 0 Å². The minimum absolute atomic E-state index is 0.0822. The van der Waals surface area contributed by atoms with E-state index in [1.54, 1.807) is 7.11 Å². The number of ether oxygens (including phenoxy) is 3. The largest absolute Gasteiger partial charge is 0.467 e. The lowest BCUT2D eigenvalue weighted by Gasteiger charge is -2.18. The maximum atomic E-state index is 5.35. The molecule has 0 spiro atoms. The van der Waals surface area contributed by atoms with E-state index in [4.69, 9.17) is 14.2 Å². The van der Waals surface area contributed by atoms with Crippen LogP contribution in [-0.4, -0.2) is 61.5 Å². The van der Waals surface area contributed by atoms with Crippen molar-refractivity contribution in [1.29, 1.82) is 0 Å². The van der Waals surface area contributed by atoms with Gasteiger partial charge in [-0.3, -0.25) is 0 Å². The summed E-state index contributed by atoms with van der Waals surface area (Å²) in [6.07, 6.45) is 0.0822. The molecule has 0 radical (unpaired) electrons. The topological polar surface area (TPSA) is 90.4 Å². The predicted molar refractivity (Wildman–Crippen MR) is 64.0 cm³/mol. The van der Waals surface area contributed by atoms with Crippen molar-refractivity contribution < 1.29 is 14.2 Å². The third-order valence-corrected chi connectivity index (χ3v) is 2.74. The lowest BCUT2D eigenvalue weighted by atomic mass is 10.2. The minimum Gasteiger partial charge on any atom is -0.467 e. The zero-order chi connectivity index (χ0) is 13.0. The molecule has 0 saturated carbocycles. The number of aromatic nitrogens is 3. The number of hydrogen-bond donors (Lipinski definition) is 2. The first-order valence-corrected chi connectivity index (χ1v) is 5.61. The Morgan fingerprint density at radius 2 is 1.72 bits per heavy atom. The molecule has 8 heteroatoms. The highest BCUT2D eigenvalue weighted by molar-refractivity contribution is 5.30. The summed E-state index contributed by atoms with van der Waals surface area (Å²) in [4.78, 5) is 12.2. The standard InChI is InChI=1S/C10H17N5O3/c1-16-7-5-11-4-6(7)12-8-13-9(17-2)15-10(14-8)18-3/h6-7,11H,4-5H2,1-3H3,(H,12,13,14,15)/t6?,7-/m0/s1. The van der Waals surface area contributed by atoms with E-state index in [0.29, 0.717) is 5.95 Å². The van der Waals surface area contributed by atoms with Crippen molar-refractivity contribution in [2.45, 2.75) is 12.1 Å². The fraction of sp³-hybridized carbons (Fsp3) is 0.700. The third kappa shape index (κ3) is 2.77. The second-order valence-electron chi connectivity index (χ2n) is 3.82. The van der Waals surface area contributed by atoms with Crippen molar-refractivity contribution >= 4 is 5.95 Å². The molecule has 2 atom stereocenters. The van der Waals surface area contributed by atoms with E-state index >= 15 is 0 Å². The molecular weight excluding hydrogens is 238 g/mol. The maximum Gasteiger partial charge on any atom is 0.324 e. The van der Waals surface area contributed by atoms with E-state index in [0.717, 1.165) is 13.1 Å². The van der Waals surface area contributed by atoms with E-state index in [-0.39, 0.29) is 24.2 Å². The molecule has 100 valence electrons. The first kappa shape index (κ1) is 12.8. The molecule has 1 aliphatic rings. The number of rotatable bonds is 5. The predicted octanol–water partition coefficient (Wildman–Crippen LogP) is -0.712. The normalized spacial score (nSPS) is 22.8. The Morgan fingerprint density at radius 1 is 1.06 bits per heavy atom. The number of anilines is 1. The van der Waals surface area contributed by atoms with Crippen LogP contribution in [0, 0.1) is 0 Å². The Hall–Kier alpha value is -1.67. The SMILES string of the molecule is COc1nc(NC2CNC[C@@H]2OC)nc(OC)n1. The summed E-state index contributed by atoms with van der Waals surface area (Å²) in [5, 5.41) is 6.41. The summed E-state index contributed by atoms with van der Waals surface area (Å²) >= 11 is 0. The van der Waals surface area contributed by atoms with Gasteiger partial charge in [0.2, 0.25) is 5.95 Å². The molecule has 1 aromatic heterocycles. The van der Waals surface area contributed by atoms with Gasteiger partial charge in [0.25, 0.3) is 0 Å².